The Morgan fingerprint density at radius 1 is 1.42 bits per heavy atom. The number of benzene rings is 1. The number of hydrogen-bond donors (Lipinski definition) is 1. The van der Waals surface area contributed by atoms with Gasteiger partial charge in [-0.25, -0.2) is 0 Å². The number of nitrogens with two attached hydrogens (primary N) is 1. The van der Waals surface area contributed by atoms with Crippen LogP contribution in [0.15, 0.2) is 18.2 Å². The molecule has 1 saturated heterocycles. The second kappa shape index (κ2) is 5.31. The molecular formula is C15H20ClNO2. The molecule has 1 unspecified atom stereocenters. The van der Waals surface area contributed by atoms with E-state index in [0.717, 1.165) is 30.8 Å². The molecule has 104 valence electrons. The van der Waals surface area contributed by atoms with E-state index in [1.165, 1.54) is 19.3 Å². The highest BCUT2D eigenvalue weighted by atomic mass is 35.5. The Hall–Kier alpha value is -0.770. The molecule has 1 spiro atoms. The van der Waals surface area contributed by atoms with E-state index in [1.807, 2.05) is 18.2 Å². The highest BCUT2D eigenvalue weighted by Crippen LogP contribution is 2.43. The first-order chi connectivity index (χ1) is 9.21. The third-order valence-corrected chi connectivity index (χ3v) is 4.53. The fraction of sp³-hybridized carbons (Fsp3) is 0.600. The quantitative estimate of drug-likeness (QED) is 0.925. The van der Waals surface area contributed by atoms with Crippen molar-refractivity contribution in [2.45, 2.75) is 50.4 Å². The first-order valence-electron chi connectivity index (χ1n) is 7.00. The summed E-state index contributed by atoms with van der Waals surface area (Å²) < 4.78 is 12.0. The molecule has 0 radical (unpaired) electrons. The molecule has 1 aliphatic heterocycles. The van der Waals surface area contributed by atoms with Crippen molar-refractivity contribution in [3.63, 3.8) is 0 Å². The average molecular weight is 282 g/mol. The predicted molar refractivity (Wildman–Crippen MR) is 75.5 cm³/mol. The van der Waals surface area contributed by atoms with Crippen LogP contribution in [0.3, 0.4) is 0 Å². The zero-order chi connectivity index (χ0) is 13.3. The average Bonchev–Trinajstić information content (AvgIpc) is 2.39. The smallest absolute Gasteiger partial charge is 0.138 e. The Balaban J connectivity index is 1.67. The van der Waals surface area contributed by atoms with Crippen LogP contribution in [-0.4, -0.2) is 18.3 Å². The lowest BCUT2D eigenvalue weighted by Crippen LogP contribution is -2.48. The summed E-state index contributed by atoms with van der Waals surface area (Å²) in [5.74, 6) is 0.764. The molecule has 0 bridgehead atoms. The SMILES string of the molecule is NCc1ccc(OC2CCOC3(CCC3)C2)c(Cl)c1. The van der Waals surface area contributed by atoms with Crippen molar-refractivity contribution in [3.8, 4) is 5.75 Å². The van der Waals surface area contributed by atoms with Gasteiger partial charge in [0.15, 0.2) is 0 Å². The number of rotatable bonds is 3. The van der Waals surface area contributed by atoms with Gasteiger partial charge in [0.2, 0.25) is 0 Å². The van der Waals surface area contributed by atoms with Gasteiger partial charge in [0.25, 0.3) is 0 Å². The number of hydrogen-bond acceptors (Lipinski definition) is 3. The second-order valence-corrected chi connectivity index (χ2v) is 5.99. The normalized spacial score (nSPS) is 25.1. The van der Waals surface area contributed by atoms with E-state index >= 15 is 0 Å². The number of halogens is 1. The molecule has 19 heavy (non-hydrogen) atoms. The first kappa shape index (κ1) is 13.2. The van der Waals surface area contributed by atoms with E-state index < -0.39 is 0 Å². The van der Waals surface area contributed by atoms with Gasteiger partial charge in [-0.2, -0.15) is 0 Å². The van der Waals surface area contributed by atoms with Crippen LogP contribution in [-0.2, 0) is 11.3 Å². The lowest BCUT2D eigenvalue weighted by Gasteiger charge is -2.46. The van der Waals surface area contributed by atoms with Gasteiger partial charge in [-0.3, -0.25) is 0 Å². The summed E-state index contributed by atoms with van der Waals surface area (Å²) in [6.45, 7) is 1.30. The molecule has 1 aliphatic carbocycles. The lowest BCUT2D eigenvalue weighted by molar-refractivity contribution is -0.153. The van der Waals surface area contributed by atoms with Crippen molar-refractivity contribution in [1.82, 2.24) is 0 Å². The van der Waals surface area contributed by atoms with E-state index in [4.69, 9.17) is 26.8 Å². The van der Waals surface area contributed by atoms with Gasteiger partial charge in [-0.05, 0) is 37.0 Å². The highest BCUT2D eigenvalue weighted by Gasteiger charge is 2.43. The summed E-state index contributed by atoms with van der Waals surface area (Å²) in [7, 11) is 0. The zero-order valence-corrected chi connectivity index (χ0v) is 11.8. The topological polar surface area (TPSA) is 44.5 Å². The van der Waals surface area contributed by atoms with Gasteiger partial charge in [0.1, 0.15) is 11.9 Å². The second-order valence-electron chi connectivity index (χ2n) is 5.59. The van der Waals surface area contributed by atoms with Gasteiger partial charge >= 0.3 is 0 Å². The van der Waals surface area contributed by atoms with Crippen molar-refractivity contribution >= 4 is 11.6 Å². The van der Waals surface area contributed by atoms with Crippen molar-refractivity contribution in [1.29, 1.82) is 0 Å². The molecule has 1 aromatic carbocycles. The van der Waals surface area contributed by atoms with E-state index in [0.29, 0.717) is 11.6 Å². The van der Waals surface area contributed by atoms with Crippen LogP contribution in [0, 0.1) is 0 Å². The standard InChI is InChI=1S/C15H20ClNO2/c16-13-8-11(10-17)2-3-14(13)19-12-4-7-18-15(9-12)5-1-6-15/h2-3,8,12H,1,4-7,9-10,17H2. The Morgan fingerprint density at radius 3 is 2.89 bits per heavy atom. The van der Waals surface area contributed by atoms with Crippen LogP contribution in [0.2, 0.25) is 5.02 Å². The predicted octanol–water partition coefficient (Wildman–Crippen LogP) is 3.28. The van der Waals surface area contributed by atoms with Gasteiger partial charge in [-0.1, -0.05) is 17.7 Å². The molecule has 0 amide bonds. The summed E-state index contributed by atoms with van der Waals surface area (Å²) in [5.41, 5.74) is 6.73. The minimum atomic E-state index is 0.104. The molecule has 2 N–H and O–H groups in total. The molecular weight excluding hydrogens is 262 g/mol. The highest BCUT2D eigenvalue weighted by molar-refractivity contribution is 6.32. The summed E-state index contributed by atoms with van der Waals surface area (Å²) in [6.07, 6.45) is 5.77. The Bertz CT molecular complexity index is 459. The van der Waals surface area contributed by atoms with Crippen LogP contribution in [0.4, 0.5) is 0 Å². The van der Waals surface area contributed by atoms with Crippen molar-refractivity contribution in [3.05, 3.63) is 28.8 Å². The van der Waals surface area contributed by atoms with Gasteiger partial charge < -0.3 is 15.2 Å². The maximum absolute atomic E-state index is 6.23. The monoisotopic (exact) mass is 281 g/mol. The fourth-order valence-corrected chi connectivity index (χ4v) is 3.20. The van der Waals surface area contributed by atoms with Crippen LogP contribution >= 0.6 is 11.6 Å². The third kappa shape index (κ3) is 2.73. The number of ether oxygens (including phenoxy) is 2. The molecule has 4 heteroatoms. The van der Waals surface area contributed by atoms with Crippen LogP contribution in [0.1, 0.15) is 37.7 Å². The van der Waals surface area contributed by atoms with E-state index in [2.05, 4.69) is 0 Å². The molecule has 3 nitrogen and oxygen atoms in total. The minimum Gasteiger partial charge on any atom is -0.489 e. The van der Waals surface area contributed by atoms with E-state index in [9.17, 15) is 0 Å². The minimum absolute atomic E-state index is 0.104. The van der Waals surface area contributed by atoms with E-state index in [1.54, 1.807) is 0 Å². The van der Waals surface area contributed by atoms with Crippen LogP contribution in [0.5, 0.6) is 5.75 Å². The summed E-state index contributed by atoms with van der Waals surface area (Å²) in [6, 6.07) is 5.78. The maximum atomic E-state index is 6.23. The van der Waals surface area contributed by atoms with Gasteiger partial charge in [-0.15, -0.1) is 0 Å². The molecule has 2 aliphatic rings. The van der Waals surface area contributed by atoms with Crippen molar-refractivity contribution in [2.75, 3.05) is 6.61 Å². The molecule has 0 aromatic heterocycles. The van der Waals surface area contributed by atoms with E-state index in [-0.39, 0.29) is 11.7 Å². The lowest BCUT2D eigenvalue weighted by atomic mass is 9.74. The van der Waals surface area contributed by atoms with Crippen molar-refractivity contribution in [2.24, 2.45) is 5.73 Å². The molecule has 1 saturated carbocycles. The largest absolute Gasteiger partial charge is 0.489 e. The maximum Gasteiger partial charge on any atom is 0.138 e. The summed E-state index contributed by atoms with van der Waals surface area (Å²) in [5, 5.41) is 0.650. The molecule has 1 aromatic rings. The van der Waals surface area contributed by atoms with Gasteiger partial charge in [0.05, 0.1) is 17.2 Å². The zero-order valence-electron chi connectivity index (χ0n) is 11.0. The molecule has 1 atom stereocenters. The molecule has 3 rings (SSSR count). The van der Waals surface area contributed by atoms with Crippen LogP contribution in [0.25, 0.3) is 0 Å². The Kier molecular flexibility index (Phi) is 3.70. The fourth-order valence-electron chi connectivity index (χ4n) is 2.95. The van der Waals surface area contributed by atoms with Gasteiger partial charge in [0, 0.05) is 19.4 Å². The summed E-state index contributed by atoms with van der Waals surface area (Å²) in [4.78, 5) is 0. The molecule has 2 fully saturated rings. The third-order valence-electron chi connectivity index (χ3n) is 4.24. The van der Waals surface area contributed by atoms with Crippen molar-refractivity contribution < 1.29 is 9.47 Å². The van der Waals surface area contributed by atoms with Crippen LogP contribution < -0.4 is 10.5 Å². The Morgan fingerprint density at radius 2 is 2.26 bits per heavy atom. The summed E-state index contributed by atoms with van der Waals surface area (Å²) >= 11 is 6.23. The first-order valence-corrected chi connectivity index (χ1v) is 7.38. The Labute approximate surface area is 119 Å². The molecule has 1 heterocycles.